The van der Waals surface area contributed by atoms with E-state index < -0.39 is 5.54 Å². The molecule has 0 aliphatic carbocycles. The molecule has 1 N–H and O–H groups in total. The lowest BCUT2D eigenvalue weighted by molar-refractivity contribution is -0.123. The molecular formula is C16H20ClN3O. The van der Waals surface area contributed by atoms with Crippen LogP contribution in [0, 0.1) is 6.92 Å². The molecule has 0 saturated heterocycles. The summed E-state index contributed by atoms with van der Waals surface area (Å²) in [5.41, 5.74) is 0.602. The van der Waals surface area contributed by atoms with Crippen LogP contribution < -0.4 is 5.32 Å². The van der Waals surface area contributed by atoms with Gasteiger partial charge in [-0.15, -0.1) is 0 Å². The van der Waals surface area contributed by atoms with Gasteiger partial charge in [0, 0.05) is 30.4 Å². The number of rotatable bonds is 5. The van der Waals surface area contributed by atoms with E-state index in [0.29, 0.717) is 18.0 Å². The molecule has 0 atom stereocenters. The minimum Gasteiger partial charge on any atom is -0.347 e. The third-order valence-electron chi connectivity index (χ3n) is 3.52. The Hall–Kier alpha value is -1.81. The largest absolute Gasteiger partial charge is 0.347 e. The fourth-order valence-corrected chi connectivity index (χ4v) is 2.34. The van der Waals surface area contributed by atoms with Gasteiger partial charge in [0.25, 0.3) is 0 Å². The second kappa shape index (κ2) is 6.31. The Morgan fingerprint density at radius 3 is 2.57 bits per heavy atom. The Morgan fingerprint density at radius 1 is 1.33 bits per heavy atom. The number of hydrogen-bond donors (Lipinski definition) is 1. The van der Waals surface area contributed by atoms with Crippen molar-refractivity contribution in [3.05, 3.63) is 53.1 Å². The first-order valence-corrected chi connectivity index (χ1v) is 7.31. The van der Waals surface area contributed by atoms with Gasteiger partial charge >= 0.3 is 0 Å². The van der Waals surface area contributed by atoms with Crippen molar-refractivity contribution in [2.45, 2.75) is 39.3 Å². The Bertz CT molecular complexity index is 617. The lowest BCUT2D eigenvalue weighted by Crippen LogP contribution is -2.41. The van der Waals surface area contributed by atoms with Crippen molar-refractivity contribution in [1.82, 2.24) is 14.9 Å². The fraction of sp³-hybridized carbons (Fsp3) is 0.375. The fourth-order valence-electron chi connectivity index (χ4n) is 2.21. The molecule has 1 aromatic heterocycles. The smallest absolute Gasteiger partial charge is 0.222 e. The molecule has 1 aromatic carbocycles. The average Bonchev–Trinajstić information content (AvgIpc) is 2.82. The summed E-state index contributed by atoms with van der Waals surface area (Å²) in [6.45, 7) is 6.52. The number of imidazole rings is 1. The number of amides is 1. The van der Waals surface area contributed by atoms with E-state index in [9.17, 15) is 4.79 Å². The molecule has 5 heteroatoms. The molecule has 4 nitrogen and oxygen atoms in total. The molecule has 0 radical (unpaired) electrons. The Morgan fingerprint density at radius 2 is 2.00 bits per heavy atom. The van der Waals surface area contributed by atoms with Crippen molar-refractivity contribution in [1.29, 1.82) is 0 Å². The number of carbonyl (C=O) groups is 1. The van der Waals surface area contributed by atoms with Gasteiger partial charge in [-0.2, -0.15) is 0 Å². The van der Waals surface area contributed by atoms with Crippen molar-refractivity contribution in [2.75, 3.05) is 0 Å². The summed E-state index contributed by atoms with van der Waals surface area (Å²) in [6.07, 6.45) is 4.05. The Labute approximate surface area is 130 Å². The number of hydrogen-bond acceptors (Lipinski definition) is 2. The van der Waals surface area contributed by atoms with Crippen LogP contribution >= 0.6 is 11.6 Å². The molecule has 0 spiro atoms. The van der Waals surface area contributed by atoms with Crippen molar-refractivity contribution >= 4 is 17.5 Å². The second-order valence-electron chi connectivity index (χ2n) is 5.60. The standard InChI is InChI=1S/C16H20ClN3O/c1-12-18-9-11-20(12)10-8-15(21)19-16(2,3)13-4-6-14(17)7-5-13/h4-7,9,11H,8,10H2,1-3H3,(H,19,21). The minimum atomic E-state index is -0.425. The first-order valence-electron chi connectivity index (χ1n) is 6.93. The van der Waals surface area contributed by atoms with Crippen LogP contribution in [0.4, 0.5) is 0 Å². The monoisotopic (exact) mass is 305 g/mol. The molecule has 2 rings (SSSR count). The van der Waals surface area contributed by atoms with Gasteiger partial charge in [-0.05, 0) is 38.5 Å². The normalized spacial score (nSPS) is 11.4. The van der Waals surface area contributed by atoms with Gasteiger partial charge in [-0.1, -0.05) is 23.7 Å². The Kier molecular flexibility index (Phi) is 4.68. The van der Waals surface area contributed by atoms with Gasteiger partial charge < -0.3 is 9.88 Å². The molecule has 0 bridgehead atoms. The highest BCUT2D eigenvalue weighted by Crippen LogP contribution is 2.22. The maximum atomic E-state index is 12.1. The lowest BCUT2D eigenvalue weighted by atomic mass is 9.94. The number of benzene rings is 1. The van der Waals surface area contributed by atoms with Crippen LogP contribution in [-0.2, 0) is 16.9 Å². The van der Waals surface area contributed by atoms with Gasteiger partial charge in [0.1, 0.15) is 5.82 Å². The summed E-state index contributed by atoms with van der Waals surface area (Å²) in [7, 11) is 0. The maximum Gasteiger partial charge on any atom is 0.222 e. The molecule has 0 fully saturated rings. The van der Waals surface area contributed by atoms with E-state index >= 15 is 0 Å². The Balaban J connectivity index is 1.94. The molecule has 0 aliphatic heterocycles. The maximum absolute atomic E-state index is 12.1. The zero-order chi connectivity index (χ0) is 15.5. The second-order valence-corrected chi connectivity index (χ2v) is 6.03. The van der Waals surface area contributed by atoms with Crippen LogP contribution in [0.3, 0.4) is 0 Å². The molecule has 1 heterocycles. The highest BCUT2D eigenvalue weighted by Gasteiger charge is 2.22. The topological polar surface area (TPSA) is 46.9 Å². The molecule has 0 unspecified atom stereocenters. The zero-order valence-corrected chi connectivity index (χ0v) is 13.3. The van der Waals surface area contributed by atoms with E-state index in [-0.39, 0.29) is 5.91 Å². The molecular weight excluding hydrogens is 286 g/mol. The van der Waals surface area contributed by atoms with E-state index in [1.165, 1.54) is 0 Å². The average molecular weight is 306 g/mol. The highest BCUT2D eigenvalue weighted by molar-refractivity contribution is 6.30. The number of aromatic nitrogens is 2. The number of aryl methyl sites for hydroxylation is 2. The number of carbonyl (C=O) groups excluding carboxylic acids is 1. The summed E-state index contributed by atoms with van der Waals surface area (Å²) in [6, 6.07) is 7.53. The van der Waals surface area contributed by atoms with E-state index in [1.54, 1.807) is 6.20 Å². The summed E-state index contributed by atoms with van der Waals surface area (Å²) >= 11 is 5.89. The van der Waals surface area contributed by atoms with Gasteiger partial charge in [0.05, 0.1) is 5.54 Å². The number of nitrogens with one attached hydrogen (secondary N) is 1. The van der Waals surface area contributed by atoms with E-state index in [2.05, 4.69) is 10.3 Å². The molecule has 1 amide bonds. The van der Waals surface area contributed by atoms with Crippen LogP contribution in [0.1, 0.15) is 31.7 Å². The summed E-state index contributed by atoms with van der Waals surface area (Å²) in [5.74, 6) is 0.933. The number of halogens is 1. The number of nitrogens with zero attached hydrogens (tertiary/aromatic N) is 2. The predicted molar refractivity (Wildman–Crippen MR) is 84.2 cm³/mol. The summed E-state index contributed by atoms with van der Waals surface area (Å²) in [5, 5.41) is 3.75. The van der Waals surface area contributed by atoms with Gasteiger partial charge in [-0.3, -0.25) is 4.79 Å². The van der Waals surface area contributed by atoms with Crippen molar-refractivity contribution in [3.63, 3.8) is 0 Å². The summed E-state index contributed by atoms with van der Waals surface area (Å²) in [4.78, 5) is 16.3. The highest BCUT2D eigenvalue weighted by atomic mass is 35.5. The van der Waals surface area contributed by atoms with Gasteiger partial charge in [0.2, 0.25) is 5.91 Å². The van der Waals surface area contributed by atoms with Crippen molar-refractivity contribution in [3.8, 4) is 0 Å². The van der Waals surface area contributed by atoms with Crippen molar-refractivity contribution < 1.29 is 4.79 Å². The van der Waals surface area contributed by atoms with Crippen LogP contribution in [0.2, 0.25) is 5.02 Å². The first kappa shape index (κ1) is 15.6. The van der Waals surface area contributed by atoms with Crippen LogP contribution in [-0.4, -0.2) is 15.5 Å². The minimum absolute atomic E-state index is 0.0167. The molecule has 0 aliphatic rings. The molecule has 0 saturated carbocycles. The van der Waals surface area contributed by atoms with Crippen LogP contribution in [0.5, 0.6) is 0 Å². The van der Waals surface area contributed by atoms with E-state index in [0.717, 1.165) is 11.4 Å². The van der Waals surface area contributed by atoms with E-state index in [1.807, 2.05) is 55.8 Å². The van der Waals surface area contributed by atoms with Crippen LogP contribution in [0.25, 0.3) is 0 Å². The molecule has 21 heavy (non-hydrogen) atoms. The first-order chi connectivity index (χ1) is 9.88. The molecule has 2 aromatic rings. The van der Waals surface area contributed by atoms with Crippen LogP contribution in [0.15, 0.2) is 36.7 Å². The quantitative estimate of drug-likeness (QED) is 0.921. The lowest BCUT2D eigenvalue weighted by Gasteiger charge is -2.27. The van der Waals surface area contributed by atoms with Crippen molar-refractivity contribution in [2.24, 2.45) is 0 Å². The van der Waals surface area contributed by atoms with E-state index in [4.69, 9.17) is 11.6 Å². The predicted octanol–water partition coefficient (Wildman–Crippen LogP) is 3.29. The van der Waals surface area contributed by atoms with Gasteiger partial charge in [0.15, 0.2) is 0 Å². The molecule has 112 valence electrons. The SMILES string of the molecule is Cc1nccn1CCC(=O)NC(C)(C)c1ccc(Cl)cc1. The zero-order valence-electron chi connectivity index (χ0n) is 12.6. The summed E-state index contributed by atoms with van der Waals surface area (Å²) < 4.78 is 1.97. The van der Waals surface area contributed by atoms with Gasteiger partial charge in [-0.25, -0.2) is 4.98 Å². The third kappa shape index (κ3) is 4.08. The third-order valence-corrected chi connectivity index (χ3v) is 3.77.